The molecule has 1 heterocycles. The summed E-state index contributed by atoms with van der Waals surface area (Å²) < 4.78 is 12.2. The second-order valence-electron chi connectivity index (χ2n) is 9.30. The number of ether oxygens (including phenoxy) is 2. The molecule has 0 bridgehead atoms. The summed E-state index contributed by atoms with van der Waals surface area (Å²) in [5.74, 6) is 1.04. The summed E-state index contributed by atoms with van der Waals surface area (Å²) >= 11 is 0. The highest BCUT2D eigenvalue weighted by Gasteiger charge is 2.45. The van der Waals surface area contributed by atoms with Crippen molar-refractivity contribution in [3.63, 3.8) is 0 Å². The van der Waals surface area contributed by atoms with Crippen LogP contribution in [0.4, 0.5) is 0 Å². The van der Waals surface area contributed by atoms with E-state index in [0.29, 0.717) is 30.0 Å². The van der Waals surface area contributed by atoms with Crippen molar-refractivity contribution in [2.24, 2.45) is 0 Å². The van der Waals surface area contributed by atoms with E-state index < -0.39 is 16.8 Å². The van der Waals surface area contributed by atoms with Crippen LogP contribution >= 0.6 is 0 Å². The van der Waals surface area contributed by atoms with Gasteiger partial charge in [0.2, 0.25) is 5.91 Å². The summed E-state index contributed by atoms with van der Waals surface area (Å²) in [4.78, 5) is 46.0. The Balaban J connectivity index is 1.80. The smallest absolute Gasteiger partial charge is 0.328 e. The zero-order valence-corrected chi connectivity index (χ0v) is 23.0. The predicted molar refractivity (Wildman–Crippen MR) is 151 cm³/mol. The second-order valence-corrected chi connectivity index (χ2v) is 9.30. The Kier molecular flexibility index (Phi) is 8.86. The van der Waals surface area contributed by atoms with Crippen molar-refractivity contribution >= 4 is 5.91 Å². The number of aromatic amines is 1. The molecule has 0 saturated carbocycles. The zero-order chi connectivity index (χ0) is 28.7. The molecular formula is C31H33N3O6. The number of H-pyrrole nitrogens is 1. The van der Waals surface area contributed by atoms with Crippen LogP contribution in [-0.4, -0.2) is 41.3 Å². The van der Waals surface area contributed by atoms with Crippen LogP contribution in [-0.2, 0) is 21.7 Å². The van der Waals surface area contributed by atoms with Gasteiger partial charge in [-0.05, 0) is 54.3 Å². The van der Waals surface area contributed by atoms with E-state index in [1.165, 1.54) is 22.8 Å². The number of benzene rings is 3. The van der Waals surface area contributed by atoms with E-state index in [-0.39, 0.29) is 12.5 Å². The first-order valence-corrected chi connectivity index (χ1v) is 12.9. The lowest BCUT2D eigenvalue weighted by Gasteiger charge is -2.43. The van der Waals surface area contributed by atoms with Gasteiger partial charge >= 0.3 is 5.69 Å². The molecule has 0 saturated heterocycles. The Morgan fingerprint density at radius 1 is 0.850 bits per heavy atom. The van der Waals surface area contributed by atoms with Gasteiger partial charge in [0.15, 0.2) is 0 Å². The summed E-state index contributed by atoms with van der Waals surface area (Å²) in [5, 5.41) is 1.40. The predicted octanol–water partition coefficient (Wildman–Crippen LogP) is 4.02. The van der Waals surface area contributed by atoms with Crippen molar-refractivity contribution < 1.29 is 19.1 Å². The fourth-order valence-electron chi connectivity index (χ4n) is 4.79. The maximum absolute atomic E-state index is 13.4. The number of aromatic nitrogens is 2. The number of hydrogen-bond donors (Lipinski definition) is 1. The normalized spacial score (nSPS) is 11.2. The molecule has 0 aliphatic carbocycles. The topological polar surface area (TPSA) is 103 Å². The van der Waals surface area contributed by atoms with Gasteiger partial charge in [0.05, 0.1) is 20.8 Å². The first kappa shape index (κ1) is 28.4. The largest absolute Gasteiger partial charge is 0.497 e. The van der Waals surface area contributed by atoms with Crippen LogP contribution in [0, 0.1) is 6.92 Å². The van der Waals surface area contributed by atoms with Crippen molar-refractivity contribution in [1.82, 2.24) is 14.6 Å². The first-order valence-electron chi connectivity index (χ1n) is 12.9. The Hall–Kier alpha value is -4.63. The van der Waals surface area contributed by atoms with Gasteiger partial charge in [0, 0.05) is 25.2 Å². The molecule has 40 heavy (non-hydrogen) atoms. The molecule has 9 nitrogen and oxygen atoms in total. The van der Waals surface area contributed by atoms with Gasteiger partial charge in [-0.2, -0.15) is 0 Å². The Morgan fingerprint density at radius 3 is 1.88 bits per heavy atom. The van der Waals surface area contributed by atoms with Crippen LogP contribution in [0.1, 0.15) is 35.6 Å². The minimum atomic E-state index is -1.17. The zero-order valence-electron chi connectivity index (χ0n) is 23.0. The van der Waals surface area contributed by atoms with Gasteiger partial charge in [0.1, 0.15) is 17.0 Å². The molecule has 0 spiro atoms. The fraction of sp³-hybridized carbons (Fsp3) is 0.258. The number of nitrogens with one attached hydrogen (secondary N) is 1. The molecule has 4 rings (SSSR count). The molecule has 0 aliphatic heterocycles. The lowest BCUT2D eigenvalue weighted by molar-refractivity contribution is -0.209. The van der Waals surface area contributed by atoms with E-state index in [1.807, 2.05) is 78.9 Å². The molecular weight excluding hydrogens is 510 g/mol. The van der Waals surface area contributed by atoms with Crippen LogP contribution in [0.5, 0.6) is 11.5 Å². The number of carbonyl (C=O) groups excluding carboxylic acids is 1. The molecule has 9 heteroatoms. The van der Waals surface area contributed by atoms with Crippen LogP contribution in [0.2, 0.25) is 0 Å². The average Bonchev–Trinajstić information content (AvgIpc) is 2.98. The van der Waals surface area contributed by atoms with Gasteiger partial charge < -0.3 is 14.0 Å². The number of methoxy groups -OCH3 is 2. The average molecular weight is 544 g/mol. The van der Waals surface area contributed by atoms with Crippen LogP contribution < -0.4 is 20.7 Å². The number of amides is 1. The summed E-state index contributed by atoms with van der Waals surface area (Å²) in [7, 11) is 3.20. The molecule has 208 valence electrons. The molecule has 3 aromatic carbocycles. The number of nitrogens with zero attached hydrogens (tertiary/aromatic N) is 2. The third-order valence-electron chi connectivity index (χ3n) is 6.75. The van der Waals surface area contributed by atoms with Crippen molar-refractivity contribution in [3.05, 3.63) is 128 Å². The number of carbonyl (C=O) groups is 1. The summed E-state index contributed by atoms with van der Waals surface area (Å²) in [6.07, 6.45) is 1.93. The summed E-state index contributed by atoms with van der Waals surface area (Å²) in [6.45, 7) is 3.53. The highest BCUT2D eigenvalue weighted by molar-refractivity contribution is 5.75. The minimum Gasteiger partial charge on any atom is -0.497 e. The number of hydrogen-bond acceptors (Lipinski definition) is 6. The third kappa shape index (κ3) is 5.69. The molecule has 0 aliphatic rings. The molecule has 1 amide bonds. The molecule has 1 aromatic heterocycles. The van der Waals surface area contributed by atoms with E-state index in [0.717, 1.165) is 16.7 Å². The second kappa shape index (κ2) is 12.5. The van der Waals surface area contributed by atoms with E-state index >= 15 is 0 Å². The maximum Gasteiger partial charge on any atom is 0.328 e. The molecule has 0 unspecified atom stereocenters. The van der Waals surface area contributed by atoms with Gasteiger partial charge in [-0.15, -0.1) is 0 Å². The SMILES string of the molecule is COc1ccc(C(c2ccccc2)(c2ccc(OC)cc2)N(OCCCn2cc(C)c(=O)[nH]c2=O)C(C)=O)cc1. The lowest BCUT2D eigenvalue weighted by atomic mass is 9.76. The molecule has 4 aromatic rings. The monoisotopic (exact) mass is 543 g/mol. The minimum absolute atomic E-state index is 0.130. The number of rotatable bonds is 11. The highest BCUT2D eigenvalue weighted by Crippen LogP contribution is 2.43. The van der Waals surface area contributed by atoms with E-state index in [9.17, 15) is 14.4 Å². The third-order valence-corrected chi connectivity index (χ3v) is 6.75. The molecule has 1 N–H and O–H groups in total. The maximum atomic E-state index is 13.4. The quantitative estimate of drug-likeness (QED) is 0.174. The van der Waals surface area contributed by atoms with Gasteiger partial charge in [-0.25, -0.2) is 9.86 Å². The van der Waals surface area contributed by atoms with Crippen molar-refractivity contribution in [1.29, 1.82) is 0 Å². The highest BCUT2D eigenvalue weighted by atomic mass is 16.7. The first-order chi connectivity index (χ1) is 19.3. The van der Waals surface area contributed by atoms with E-state index in [4.69, 9.17) is 14.3 Å². The molecule has 0 radical (unpaired) electrons. The van der Waals surface area contributed by atoms with Gasteiger partial charge in [0.25, 0.3) is 5.56 Å². The van der Waals surface area contributed by atoms with Crippen molar-refractivity contribution in [3.8, 4) is 11.5 Å². The van der Waals surface area contributed by atoms with Gasteiger partial charge in [-0.1, -0.05) is 54.6 Å². The van der Waals surface area contributed by atoms with Crippen LogP contribution in [0.25, 0.3) is 0 Å². The Bertz CT molecular complexity index is 1500. The standard InChI is InChI=1S/C31H33N3O6/c1-22-21-33(30(37)32-29(22)36)19-8-20-40-34(23(2)35)31(24-9-6-5-7-10-24,25-11-15-27(38-3)16-12-25)26-13-17-28(39-4)18-14-26/h5-7,9-18,21H,8,19-20H2,1-4H3,(H,32,36,37). The fourth-order valence-corrected chi connectivity index (χ4v) is 4.79. The summed E-state index contributed by atoms with van der Waals surface area (Å²) in [5.41, 5.74) is 0.749. The number of hydroxylamine groups is 2. The van der Waals surface area contributed by atoms with Crippen molar-refractivity contribution in [2.75, 3.05) is 20.8 Å². The van der Waals surface area contributed by atoms with E-state index in [2.05, 4.69) is 4.98 Å². The molecule has 0 fully saturated rings. The van der Waals surface area contributed by atoms with Crippen LogP contribution in [0.3, 0.4) is 0 Å². The van der Waals surface area contributed by atoms with Gasteiger partial charge in [-0.3, -0.25) is 19.4 Å². The summed E-state index contributed by atoms with van der Waals surface area (Å²) in [6, 6.07) is 24.7. The van der Waals surface area contributed by atoms with E-state index in [1.54, 1.807) is 21.1 Å². The number of aryl methyl sites for hydroxylation is 2. The lowest BCUT2D eigenvalue weighted by Crippen LogP contribution is -2.50. The Morgan fingerprint density at radius 2 is 1.38 bits per heavy atom. The molecule has 0 atom stereocenters. The Labute approximate surface area is 232 Å². The van der Waals surface area contributed by atoms with Crippen LogP contribution in [0.15, 0.2) is 94.6 Å². The van der Waals surface area contributed by atoms with Crippen molar-refractivity contribution in [2.45, 2.75) is 32.4 Å².